The molecule has 1 fully saturated rings. The summed E-state index contributed by atoms with van der Waals surface area (Å²) in [6, 6.07) is 3.81. The molecular weight excluding hydrogens is 247 g/mol. The van der Waals surface area contributed by atoms with E-state index in [0.29, 0.717) is 18.7 Å². The highest BCUT2D eigenvalue weighted by molar-refractivity contribution is 5.99. The van der Waals surface area contributed by atoms with E-state index in [9.17, 15) is 9.18 Å². The van der Waals surface area contributed by atoms with E-state index in [2.05, 4.69) is 5.32 Å². The number of carbonyl (C=O) groups is 1. The van der Waals surface area contributed by atoms with E-state index in [-0.39, 0.29) is 17.0 Å². The lowest BCUT2D eigenvalue weighted by Gasteiger charge is -2.16. The molecule has 3 N–H and O–H groups in total. The zero-order valence-electron chi connectivity index (χ0n) is 11.0. The first-order valence-electron chi connectivity index (χ1n) is 6.38. The van der Waals surface area contributed by atoms with Crippen LogP contribution in [0, 0.1) is 11.2 Å². The van der Waals surface area contributed by atoms with Crippen LogP contribution < -0.4 is 11.1 Å². The number of hydrogen-bond acceptors (Lipinski definition) is 3. The Morgan fingerprint density at radius 3 is 2.84 bits per heavy atom. The van der Waals surface area contributed by atoms with Gasteiger partial charge in [-0.1, -0.05) is 0 Å². The number of amides is 1. The average molecular weight is 266 g/mol. The van der Waals surface area contributed by atoms with Crippen molar-refractivity contribution < 1.29 is 13.9 Å². The van der Waals surface area contributed by atoms with Crippen molar-refractivity contribution in [3.63, 3.8) is 0 Å². The Kier molecular flexibility index (Phi) is 4.04. The summed E-state index contributed by atoms with van der Waals surface area (Å²) < 4.78 is 18.0. The van der Waals surface area contributed by atoms with Crippen molar-refractivity contribution in [3.05, 3.63) is 29.6 Å². The highest BCUT2D eigenvalue weighted by Crippen LogP contribution is 2.48. The molecule has 1 amide bonds. The monoisotopic (exact) mass is 266 g/mol. The van der Waals surface area contributed by atoms with Crippen LogP contribution in [0.5, 0.6) is 0 Å². The second-order valence-electron chi connectivity index (χ2n) is 5.16. The van der Waals surface area contributed by atoms with Crippen LogP contribution in [0.4, 0.5) is 10.1 Å². The largest absolute Gasteiger partial charge is 0.398 e. The molecule has 1 saturated carbocycles. The van der Waals surface area contributed by atoms with Crippen LogP contribution >= 0.6 is 0 Å². The third kappa shape index (κ3) is 3.44. The number of methoxy groups -OCH3 is 1. The third-order valence-corrected chi connectivity index (χ3v) is 3.68. The highest BCUT2D eigenvalue weighted by atomic mass is 19.1. The van der Waals surface area contributed by atoms with Gasteiger partial charge in [0.25, 0.3) is 5.91 Å². The smallest absolute Gasteiger partial charge is 0.253 e. The summed E-state index contributed by atoms with van der Waals surface area (Å²) >= 11 is 0. The van der Waals surface area contributed by atoms with E-state index in [4.69, 9.17) is 10.5 Å². The van der Waals surface area contributed by atoms with Gasteiger partial charge in [0.1, 0.15) is 5.82 Å². The van der Waals surface area contributed by atoms with Gasteiger partial charge < -0.3 is 15.8 Å². The molecule has 0 atom stereocenters. The summed E-state index contributed by atoms with van der Waals surface area (Å²) in [5, 5.41) is 2.87. The van der Waals surface area contributed by atoms with Gasteiger partial charge in [0.2, 0.25) is 0 Å². The fourth-order valence-electron chi connectivity index (χ4n) is 2.11. The number of carbonyl (C=O) groups excluding carboxylic acids is 1. The predicted octanol–water partition coefficient (Wildman–Crippen LogP) is 1.95. The Hall–Kier alpha value is -1.62. The first kappa shape index (κ1) is 13.8. The molecule has 104 valence electrons. The fourth-order valence-corrected chi connectivity index (χ4v) is 2.11. The molecule has 0 unspecified atom stereocenters. The Labute approximate surface area is 112 Å². The highest BCUT2D eigenvalue weighted by Gasteiger charge is 2.42. The number of rotatable bonds is 6. The summed E-state index contributed by atoms with van der Waals surface area (Å²) in [4.78, 5) is 12.0. The van der Waals surface area contributed by atoms with Gasteiger partial charge in [-0.15, -0.1) is 0 Å². The first-order chi connectivity index (χ1) is 9.06. The molecule has 1 aliphatic rings. The molecule has 0 bridgehead atoms. The Morgan fingerprint density at radius 2 is 2.26 bits per heavy atom. The molecule has 5 heteroatoms. The molecular formula is C14H19FN2O2. The summed E-state index contributed by atoms with van der Waals surface area (Å²) in [6.45, 7) is 1.32. The van der Waals surface area contributed by atoms with E-state index >= 15 is 0 Å². The van der Waals surface area contributed by atoms with Crippen LogP contribution in [0.15, 0.2) is 18.2 Å². The van der Waals surface area contributed by atoms with Crippen LogP contribution in [-0.4, -0.2) is 26.2 Å². The van der Waals surface area contributed by atoms with E-state index in [1.54, 1.807) is 7.11 Å². The minimum atomic E-state index is -0.437. The van der Waals surface area contributed by atoms with Gasteiger partial charge >= 0.3 is 0 Å². The maximum Gasteiger partial charge on any atom is 0.253 e. The Bertz CT molecular complexity index is 473. The van der Waals surface area contributed by atoms with Crippen LogP contribution in [0.3, 0.4) is 0 Å². The molecule has 0 aliphatic heterocycles. The number of benzene rings is 1. The topological polar surface area (TPSA) is 64.3 Å². The molecule has 4 nitrogen and oxygen atoms in total. The van der Waals surface area contributed by atoms with Gasteiger partial charge in [-0.3, -0.25) is 4.79 Å². The van der Waals surface area contributed by atoms with Crippen molar-refractivity contribution in [1.29, 1.82) is 0 Å². The number of ether oxygens (including phenoxy) is 1. The van der Waals surface area contributed by atoms with Crippen molar-refractivity contribution >= 4 is 11.6 Å². The number of hydrogen-bond donors (Lipinski definition) is 2. The number of nitrogens with one attached hydrogen (secondary N) is 1. The lowest BCUT2D eigenvalue weighted by Crippen LogP contribution is -2.31. The van der Waals surface area contributed by atoms with E-state index in [1.807, 2.05) is 0 Å². The molecule has 19 heavy (non-hydrogen) atoms. The molecule has 1 aliphatic carbocycles. The van der Waals surface area contributed by atoms with Gasteiger partial charge in [-0.05, 0) is 42.9 Å². The van der Waals surface area contributed by atoms with Gasteiger partial charge in [0.15, 0.2) is 0 Å². The van der Waals surface area contributed by atoms with E-state index < -0.39 is 5.82 Å². The number of halogens is 1. The maximum absolute atomic E-state index is 12.9. The minimum absolute atomic E-state index is 0.166. The standard InChI is InChI=1S/C14H19FN2O2/c1-19-7-6-14(4-5-14)9-17-13(18)11-3-2-10(15)8-12(11)16/h2-3,8H,4-7,9,16H2,1H3,(H,17,18). The summed E-state index contributed by atoms with van der Waals surface area (Å²) in [7, 11) is 1.67. The van der Waals surface area contributed by atoms with Gasteiger partial charge in [0.05, 0.1) is 5.56 Å². The Balaban J connectivity index is 1.91. The third-order valence-electron chi connectivity index (χ3n) is 3.68. The van der Waals surface area contributed by atoms with Crippen molar-refractivity contribution in [2.75, 3.05) is 26.0 Å². The van der Waals surface area contributed by atoms with E-state index in [0.717, 1.165) is 25.3 Å². The maximum atomic E-state index is 12.9. The predicted molar refractivity (Wildman–Crippen MR) is 71.3 cm³/mol. The van der Waals surface area contributed by atoms with Gasteiger partial charge in [-0.2, -0.15) is 0 Å². The van der Waals surface area contributed by atoms with Crippen LogP contribution in [-0.2, 0) is 4.74 Å². The number of nitrogens with two attached hydrogens (primary N) is 1. The second kappa shape index (κ2) is 5.57. The molecule has 0 spiro atoms. The molecule has 0 saturated heterocycles. The lowest BCUT2D eigenvalue weighted by atomic mass is 10.0. The summed E-state index contributed by atoms with van der Waals surface area (Å²) in [5.74, 6) is -0.686. The zero-order chi connectivity index (χ0) is 13.9. The molecule has 0 heterocycles. The SMILES string of the molecule is COCCC1(CNC(=O)c2ccc(F)cc2N)CC1. The zero-order valence-corrected chi connectivity index (χ0v) is 11.0. The molecule has 1 aromatic rings. The van der Waals surface area contributed by atoms with Crippen molar-refractivity contribution in [2.45, 2.75) is 19.3 Å². The first-order valence-corrected chi connectivity index (χ1v) is 6.38. The molecule has 1 aromatic carbocycles. The van der Waals surface area contributed by atoms with Gasteiger partial charge in [-0.25, -0.2) is 4.39 Å². The van der Waals surface area contributed by atoms with Crippen molar-refractivity contribution in [3.8, 4) is 0 Å². The average Bonchev–Trinajstić information content (AvgIpc) is 3.14. The van der Waals surface area contributed by atoms with Crippen LogP contribution in [0.25, 0.3) is 0 Å². The summed E-state index contributed by atoms with van der Waals surface area (Å²) in [6.07, 6.45) is 3.16. The van der Waals surface area contributed by atoms with E-state index in [1.165, 1.54) is 12.1 Å². The number of anilines is 1. The lowest BCUT2D eigenvalue weighted by molar-refractivity contribution is 0.0939. The normalized spacial score (nSPS) is 16.1. The van der Waals surface area contributed by atoms with Crippen molar-refractivity contribution in [1.82, 2.24) is 5.32 Å². The van der Waals surface area contributed by atoms with Crippen LogP contribution in [0.1, 0.15) is 29.6 Å². The molecule has 0 aromatic heterocycles. The molecule has 2 rings (SSSR count). The Morgan fingerprint density at radius 1 is 1.53 bits per heavy atom. The number of nitrogen functional groups attached to an aromatic ring is 1. The van der Waals surface area contributed by atoms with Gasteiger partial charge in [0, 0.05) is 25.9 Å². The van der Waals surface area contributed by atoms with Crippen molar-refractivity contribution in [2.24, 2.45) is 5.41 Å². The quantitative estimate of drug-likeness (QED) is 0.774. The second-order valence-corrected chi connectivity index (χ2v) is 5.16. The fraction of sp³-hybridized carbons (Fsp3) is 0.500. The minimum Gasteiger partial charge on any atom is -0.398 e. The van der Waals surface area contributed by atoms with Crippen LogP contribution in [0.2, 0.25) is 0 Å². The molecule has 0 radical (unpaired) electrons. The summed E-state index contributed by atoms with van der Waals surface area (Å²) in [5.41, 5.74) is 6.31.